The van der Waals surface area contributed by atoms with Gasteiger partial charge in [0.1, 0.15) is 19.0 Å². The molecule has 1 aromatic heterocycles. The Morgan fingerprint density at radius 2 is 1.81 bits per heavy atom. The van der Waals surface area contributed by atoms with Crippen molar-refractivity contribution < 1.29 is 14.2 Å². The van der Waals surface area contributed by atoms with Gasteiger partial charge in [0.05, 0.1) is 18.7 Å². The number of fused-ring (bicyclic) bond motifs is 1. The Hall–Kier alpha value is -2.38. The highest BCUT2D eigenvalue weighted by Crippen LogP contribution is 2.25. The zero-order chi connectivity index (χ0) is 22.0. The fourth-order valence-electron chi connectivity index (χ4n) is 3.71. The number of para-hydroxylation sites is 1. The van der Waals surface area contributed by atoms with Crippen LogP contribution < -0.4 is 14.8 Å². The molecule has 1 aliphatic rings. The Morgan fingerprint density at radius 3 is 2.66 bits per heavy atom. The molecule has 0 unspecified atom stereocenters. The number of aromatic nitrogens is 1. The highest BCUT2D eigenvalue weighted by Gasteiger charge is 2.11. The smallest absolute Gasteiger partial charge is 0.218 e. The molecule has 0 atom stereocenters. The van der Waals surface area contributed by atoms with Crippen molar-refractivity contribution in [2.75, 3.05) is 52.6 Å². The topological polar surface area (TPSA) is 55.9 Å². The lowest BCUT2D eigenvalue weighted by atomic mass is 10.1. The van der Waals surface area contributed by atoms with E-state index in [0.717, 1.165) is 68.0 Å². The van der Waals surface area contributed by atoms with E-state index < -0.39 is 0 Å². The van der Waals surface area contributed by atoms with Crippen LogP contribution >= 0.6 is 11.6 Å². The Balaban J connectivity index is 1.32. The molecule has 2 heterocycles. The molecular formula is C25H30ClN3O3. The van der Waals surface area contributed by atoms with Crippen molar-refractivity contribution in [2.24, 2.45) is 0 Å². The summed E-state index contributed by atoms with van der Waals surface area (Å²) in [7, 11) is 0. The van der Waals surface area contributed by atoms with E-state index in [1.807, 2.05) is 48.5 Å². The van der Waals surface area contributed by atoms with Crippen molar-refractivity contribution in [3.63, 3.8) is 0 Å². The third kappa shape index (κ3) is 6.81. The van der Waals surface area contributed by atoms with Gasteiger partial charge in [-0.2, -0.15) is 0 Å². The Kier molecular flexibility index (Phi) is 8.56. The van der Waals surface area contributed by atoms with Crippen LogP contribution in [0.2, 0.25) is 5.02 Å². The molecule has 32 heavy (non-hydrogen) atoms. The third-order valence-electron chi connectivity index (χ3n) is 5.40. The van der Waals surface area contributed by atoms with Crippen LogP contribution in [0.25, 0.3) is 10.9 Å². The van der Waals surface area contributed by atoms with Crippen molar-refractivity contribution in [3.8, 4) is 11.6 Å². The molecule has 1 saturated heterocycles. The minimum atomic E-state index is 0.415. The molecule has 0 aliphatic carbocycles. The summed E-state index contributed by atoms with van der Waals surface area (Å²) in [6, 6.07) is 17.6. The Bertz CT molecular complexity index is 981. The molecule has 1 fully saturated rings. The van der Waals surface area contributed by atoms with Gasteiger partial charge in [-0.15, -0.1) is 0 Å². The summed E-state index contributed by atoms with van der Waals surface area (Å²) >= 11 is 6.16. The van der Waals surface area contributed by atoms with E-state index in [-0.39, 0.29) is 0 Å². The van der Waals surface area contributed by atoms with Crippen molar-refractivity contribution in [1.29, 1.82) is 0 Å². The van der Waals surface area contributed by atoms with E-state index in [9.17, 15) is 0 Å². The summed E-state index contributed by atoms with van der Waals surface area (Å²) in [6.45, 7) is 7.33. The number of morpholine rings is 1. The van der Waals surface area contributed by atoms with Gasteiger partial charge in [0, 0.05) is 35.6 Å². The second-order valence-corrected chi connectivity index (χ2v) is 8.22. The summed E-state index contributed by atoms with van der Waals surface area (Å²) in [5.74, 6) is 1.45. The first-order valence-corrected chi connectivity index (χ1v) is 11.6. The first kappa shape index (κ1) is 22.8. The van der Waals surface area contributed by atoms with Crippen LogP contribution in [0.3, 0.4) is 0 Å². The number of nitrogens with one attached hydrogen (secondary N) is 1. The Morgan fingerprint density at radius 1 is 1.00 bits per heavy atom. The normalized spacial score (nSPS) is 14.5. The highest BCUT2D eigenvalue weighted by molar-refractivity contribution is 6.31. The van der Waals surface area contributed by atoms with Gasteiger partial charge < -0.3 is 19.5 Å². The minimum Gasteiger partial charge on any atom is -0.490 e. The van der Waals surface area contributed by atoms with Crippen molar-refractivity contribution in [1.82, 2.24) is 15.2 Å². The molecule has 7 heteroatoms. The summed E-state index contributed by atoms with van der Waals surface area (Å²) < 4.78 is 17.2. The van der Waals surface area contributed by atoms with E-state index in [2.05, 4.69) is 16.3 Å². The average molecular weight is 456 g/mol. The van der Waals surface area contributed by atoms with Crippen molar-refractivity contribution >= 4 is 22.5 Å². The summed E-state index contributed by atoms with van der Waals surface area (Å²) in [5.41, 5.74) is 1.86. The van der Waals surface area contributed by atoms with Crippen LogP contribution in [0.4, 0.5) is 0 Å². The molecule has 0 amide bonds. The molecule has 1 N–H and O–H groups in total. The number of pyridine rings is 1. The number of ether oxygens (including phenoxy) is 3. The number of rotatable bonds is 11. The first-order chi connectivity index (χ1) is 15.8. The van der Waals surface area contributed by atoms with E-state index in [1.165, 1.54) is 0 Å². The monoisotopic (exact) mass is 455 g/mol. The van der Waals surface area contributed by atoms with Gasteiger partial charge >= 0.3 is 0 Å². The van der Waals surface area contributed by atoms with Crippen LogP contribution in [0, 0.1) is 0 Å². The molecule has 0 saturated carbocycles. The number of hydrogen-bond acceptors (Lipinski definition) is 6. The molecule has 0 bridgehead atoms. The van der Waals surface area contributed by atoms with Crippen molar-refractivity contribution in [2.45, 2.75) is 13.0 Å². The maximum atomic E-state index is 6.16. The molecule has 3 aromatic rings. The molecule has 170 valence electrons. The second-order valence-electron chi connectivity index (χ2n) is 7.78. The van der Waals surface area contributed by atoms with Gasteiger partial charge in [-0.1, -0.05) is 35.9 Å². The SMILES string of the molecule is Clc1ccc2cc(CNCCCN3CCOCC3)c(OCCOc3ccccc3)nc2c1. The highest BCUT2D eigenvalue weighted by atomic mass is 35.5. The van der Waals surface area contributed by atoms with Crippen LogP contribution in [0.5, 0.6) is 11.6 Å². The fourth-order valence-corrected chi connectivity index (χ4v) is 3.87. The lowest BCUT2D eigenvalue weighted by Gasteiger charge is -2.26. The minimum absolute atomic E-state index is 0.415. The number of halogens is 1. The van der Waals surface area contributed by atoms with Crippen LogP contribution in [0.15, 0.2) is 54.6 Å². The number of benzene rings is 2. The molecule has 6 nitrogen and oxygen atoms in total. The van der Waals surface area contributed by atoms with Gasteiger partial charge in [-0.05, 0) is 49.8 Å². The second kappa shape index (κ2) is 12.0. The maximum Gasteiger partial charge on any atom is 0.218 e. The summed E-state index contributed by atoms with van der Waals surface area (Å²) in [4.78, 5) is 7.18. The predicted octanol–water partition coefficient (Wildman–Crippen LogP) is 4.16. The lowest BCUT2D eigenvalue weighted by molar-refractivity contribution is 0.0374. The summed E-state index contributed by atoms with van der Waals surface area (Å²) in [5, 5.41) is 5.25. The quantitative estimate of drug-likeness (QED) is 0.438. The zero-order valence-electron chi connectivity index (χ0n) is 18.3. The van der Waals surface area contributed by atoms with Gasteiger partial charge in [0.25, 0.3) is 0 Å². The van der Waals surface area contributed by atoms with Gasteiger partial charge in [0.2, 0.25) is 5.88 Å². The van der Waals surface area contributed by atoms with Crippen LogP contribution in [-0.2, 0) is 11.3 Å². The molecule has 4 rings (SSSR count). The summed E-state index contributed by atoms with van der Waals surface area (Å²) in [6.07, 6.45) is 1.09. The van der Waals surface area contributed by atoms with Gasteiger partial charge in [-0.3, -0.25) is 4.90 Å². The lowest BCUT2D eigenvalue weighted by Crippen LogP contribution is -2.37. The zero-order valence-corrected chi connectivity index (χ0v) is 19.0. The predicted molar refractivity (Wildman–Crippen MR) is 128 cm³/mol. The molecule has 0 spiro atoms. The number of hydrogen-bond donors (Lipinski definition) is 1. The van der Waals surface area contributed by atoms with E-state index in [4.69, 9.17) is 30.8 Å². The molecule has 2 aromatic carbocycles. The largest absolute Gasteiger partial charge is 0.490 e. The Labute approximate surface area is 194 Å². The fraction of sp³-hybridized carbons (Fsp3) is 0.400. The standard InChI is InChI=1S/C25H30ClN3O3/c26-22-8-7-20-17-21(19-27-9-4-10-29-11-13-30-14-12-29)25(28-24(20)18-22)32-16-15-31-23-5-2-1-3-6-23/h1-3,5-8,17-18,27H,4,9-16,19H2. The average Bonchev–Trinajstić information content (AvgIpc) is 2.83. The molecular weight excluding hydrogens is 426 g/mol. The molecule has 1 aliphatic heterocycles. The number of nitrogens with zero attached hydrogens (tertiary/aromatic N) is 2. The van der Waals surface area contributed by atoms with E-state index in [0.29, 0.717) is 30.7 Å². The van der Waals surface area contributed by atoms with Crippen LogP contribution in [0.1, 0.15) is 12.0 Å². The molecule has 0 radical (unpaired) electrons. The van der Waals surface area contributed by atoms with E-state index >= 15 is 0 Å². The van der Waals surface area contributed by atoms with Gasteiger partial charge in [-0.25, -0.2) is 4.98 Å². The van der Waals surface area contributed by atoms with Crippen molar-refractivity contribution in [3.05, 3.63) is 65.2 Å². The third-order valence-corrected chi connectivity index (χ3v) is 5.64. The van der Waals surface area contributed by atoms with Crippen LogP contribution in [-0.4, -0.2) is 62.5 Å². The van der Waals surface area contributed by atoms with Gasteiger partial charge in [0.15, 0.2) is 0 Å². The van der Waals surface area contributed by atoms with E-state index in [1.54, 1.807) is 0 Å². The maximum absolute atomic E-state index is 6.16. The first-order valence-electron chi connectivity index (χ1n) is 11.2.